The van der Waals surface area contributed by atoms with Gasteiger partial charge in [0.05, 0.1) is 19.1 Å². The lowest BCUT2D eigenvalue weighted by Gasteiger charge is -2.45. The number of carboxylic acid groups (broad SMARTS) is 1. The molecule has 2 fully saturated rings. The van der Waals surface area contributed by atoms with E-state index >= 15 is 0 Å². The van der Waals surface area contributed by atoms with Gasteiger partial charge >= 0.3 is 18.0 Å². The Kier molecular flexibility index (Phi) is 15.4. The van der Waals surface area contributed by atoms with E-state index in [1.165, 1.54) is 13.0 Å². The Morgan fingerprint density at radius 3 is 2.11 bits per heavy atom. The summed E-state index contributed by atoms with van der Waals surface area (Å²) in [6, 6.07) is 21.0. The number of anilines is 1. The van der Waals surface area contributed by atoms with E-state index in [2.05, 4.69) is 49.5 Å². The second kappa shape index (κ2) is 20.4. The minimum Gasteiger partial charge on any atom is -0.481 e. The number of carbonyl (C=O) groups excluding carboxylic acids is 4. The van der Waals surface area contributed by atoms with E-state index in [-0.39, 0.29) is 44.5 Å². The minimum absolute atomic E-state index is 0.00785. The number of carboxylic acids is 1. The second-order valence-corrected chi connectivity index (χ2v) is 22.6. The number of nitrogens with one attached hydrogen (secondary N) is 3. The Labute approximate surface area is 380 Å². The van der Waals surface area contributed by atoms with E-state index in [9.17, 15) is 24.0 Å². The van der Waals surface area contributed by atoms with Gasteiger partial charge in [-0.3, -0.25) is 14.4 Å². The van der Waals surface area contributed by atoms with Crippen LogP contribution >= 0.6 is 0 Å². The summed E-state index contributed by atoms with van der Waals surface area (Å²) >= 11 is 0. The van der Waals surface area contributed by atoms with Gasteiger partial charge in [0.25, 0.3) is 0 Å². The van der Waals surface area contributed by atoms with Crippen LogP contribution in [0.2, 0.25) is 13.1 Å². The van der Waals surface area contributed by atoms with Crippen molar-refractivity contribution in [2.75, 3.05) is 25.1 Å². The van der Waals surface area contributed by atoms with Crippen molar-refractivity contribution in [2.45, 2.75) is 127 Å². The zero-order valence-electron chi connectivity index (χ0n) is 38.2. The maximum atomic E-state index is 13.6. The van der Waals surface area contributed by atoms with Gasteiger partial charge < -0.3 is 53.9 Å². The number of hydrogen-bond acceptors (Lipinski definition) is 12. The highest BCUT2D eigenvalue weighted by Gasteiger charge is 2.57. The fourth-order valence-electron chi connectivity index (χ4n) is 8.40. The molecule has 350 valence electrons. The third kappa shape index (κ3) is 11.5. The molecular formula is C48H61N3O13Si. The van der Waals surface area contributed by atoms with Crippen LogP contribution < -0.4 is 16.0 Å². The number of benzene rings is 3. The van der Waals surface area contributed by atoms with E-state index in [0.29, 0.717) is 5.69 Å². The number of fused-ring (bicyclic) bond motifs is 4. The largest absolute Gasteiger partial charge is 0.481 e. The van der Waals surface area contributed by atoms with Crippen LogP contribution in [0.4, 0.5) is 10.5 Å². The third-order valence-corrected chi connectivity index (χ3v) is 16.6. The quantitative estimate of drug-likeness (QED) is 0.0591. The summed E-state index contributed by atoms with van der Waals surface area (Å²) in [6.07, 6.45) is -4.44. The summed E-state index contributed by atoms with van der Waals surface area (Å²) in [6.45, 7) is 18.3. The first-order valence-corrected chi connectivity index (χ1v) is 24.7. The molecule has 3 aromatic rings. The average Bonchev–Trinajstić information content (AvgIpc) is 3.76. The molecular weight excluding hydrogens is 855 g/mol. The molecule has 2 heterocycles. The maximum Gasteiger partial charge on any atom is 0.407 e. The number of hydrogen-bond donors (Lipinski definition) is 4. The first-order valence-electron chi connectivity index (χ1n) is 21.8. The molecule has 2 aliphatic heterocycles. The molecule has 1 unspecified atom stereocenters. The molecule has 0 aromatic heterocycles. The van der Waals surface area contributed by atoms with Crippen molar-refractivity contribution >= 4 is 43.9 Å². The number of esters is 1. The van der Waals surface area contributed by atoms with Gasteiger partial charge in [0, 0.05) is 30.0 Å². The van der Waals surface area contributed by atoms with Gasteiger partial charge in [-0.1, -0.05) is 87.2 Å². The van der Waals surface area contributed by atoms with Crippen molar-refractivity contribution in [1.29, 1.82) is 0 Å². The molecule has 6 rings (SSSR count). The Balaban J connectivity index is 1.18. The van der Waals surface area contributed by atoms with E-state index in [4.69, 9.17) is 38.0 Å². The molecule has 16 nitrogen and oxygen atoms in total. The zero-order chi connectivity index (χ0) is 47.3. The molecule has 3 aromatic carbocycles. The van der Waals surface area contributed by atoms with Crippen molar-refractivity contribution in [3.63, 3.8) is 0 Å². The molecule has 2 saturated heterocycles. The summed E-state index contributed by atoms with van der Waals surface area (Å²) in [5, 5.41) is 16.7. The van der Waals surface area contributed by atoms with Gasteiger partial charge in [-0.05, 0) is 73.8 Å². The van der Waals surface area contributed by atoms with Gasteiger partial charge in [0.1, 0.15) is 37.6 Å². The number of carbonyl (C=O) groups is 5. The normalized spacial score (nSPS) is 22.0. The van der Waals surface area contributed by atoms with Crippen LogP contribution in [0.3, 0.4) is 0 Å². The lowest BCUT2D eigenvalue weighted by Crippen LogP contribution is -2.65. The maximum absolute atomic E-state index is 13.6. The van der Waals surface area contributed by atoms with Crippen LogP contribution in [-0.2, 0) is 57.1 Å². The molecule has 7 atom stereocenters. The fraction of sp³-hybridized carbons (Fsp3) is 0.479. The van der Waals surface area contributed by atoms with Crippen molar-refractivity contribution < 1.29 is 61.9 Å². The summed E-state index contributed by atoms with van der Waals surface area (Å²) < 4.78 is 44.0. The topological polar surface area (TPSA) is 206 Å². The molecule has 4 N–H and O–H groups in total. The van der Waals surface area contributed by atoms with Crippen LogP contribution in [-0.4, -0.2) is 112 Å². The highest BCUT2D eigenvalue weighted by molar-refractivity contribution is 6.74. The van der Waals surface area contributed by atoms with Crippen LogP contribution in [0.25, 0.3) is 11.1 Å². The van der Waals surface area contributed by atoms with Crippen LogP contribution in [0.5, 0.6) is 0 Å². The van der Waals surface area contributed by atoms with E-state index in [1.54, 1.807) is 32.9 Å². The summed E-state index contributed by atoms with van der Waals surface area (Å²) in [5.74, 6) is -3.92. The van der Waals surface area contributed by atoms with Gasteiger partial charge in [0.2, 0.25) is 11.8 Å². The van der Waals surface area contributed by atoms with E-state index in [0.717, 1.165) is 27.8 Å². The van der Waals surface area contributed by atoms with Gasteiger partial charge in [-0.25, -0.2) is 9.59 Å². The highest BCUT2D eigenvalue weighted by atomic mass is 28.4. The van der Waals surface area contributed by atoms with Crippen LogP contribution in [0.1, 0.15) is 77.0 Å². The molecule has 0 spiro atoms. The fourth-order valence-corrected chi connectivity index (χ4v) is 10.2. The second-order valence-electron chi connectivity index (χ2n) is 18.0. The van der Waals surface area contributed by atoms with E-state index in [1.807, 2.05) is 60.7 Å². The minimum atomic E-state index is -2.70. The number of amides is 3. The predicted octanol–water partition coefficient (Wildman–Crippen LogP) is 6.32. The van der Waals surface area contributed by atoms with Gasteiger partial charge in [0.15, 0.2) is 26.4 Å². The molecule has 0 saturated carbocycles. The van der Waals surface area contributed by atoms with Crippen LogP contribution in [0, 0.1) is 0 Å². The Hall–Kier alpha value is -5.43. The number of ether oxygens (including phenoxy) is 6. The van der Waals surface area contributed by atoms with Gasteiger partial charge in [-0.2, -0.15) is 0 Å². The van der Waals surface area contributed by atoms with Crippen molar-refractivity contribution in [2.24, 2.45) is 0 Å². The Morgan fingerprint density at radius 2 is 1.51 bits per heavy atom. The van der Waals surface area contributed by atoms with Crippen molar-refractivity contribution in [1.82, 2.24) is 10.6 Å². The monoisotopic (exact) mass is 915 g/mol. The predicted molar refractivity (Wildman–Crippen MR) is 242 cm³/mol. The summed E-state index contributed by atoms with van der Waals surface area (Å²) in [5.41, 5.74) is 5.69. The number of rotatable bonds is 19. The number of alkyl carbamates (subject to hydrolysis) is 1. The molecule has 3 amide bonds. The van der Waals surface area contributed by atoms with Gasteiger partial charge in [-0.15, -0.1) is 0 Å². The summed E-state index contributed by atoms with van der Waals surface area (Å²) in [4.78, 5) is 63.0. The average molecular weight is 916 g/mol. The lowest BCUT2D eigenvalue weighted by molar-refractivity contribution is -0.264. The molecule has 3 aliphatic rings. The standard InChI is InChI=1S/C48H61N3O13Si/c1-10-25-58-44(56)40(51-46(57)59-26-36-34-17-13-11-15-32(34)33-16-12-14-18-35(33)36)28(2)61-45-41(49-29(3)52)43-42(63-48(6,7)64-43)37(62-45)27-60-65(8,9)47(4,5)30-19-21-31(22-20-30)50-38(53)23-24-39(54)55/h10-22,28,36-37,40-43,45H,1,23-27H2,2-9H3,(H,49,52)(H,50,53)(H,51,57)(H,54,55)/t28-,37-,40?,41-,42+,43-,45+/m1/s1. The molecule has 17 heteroatoms. The smallest absolute Gasteiger partial charge is 0.407 e. The van der Waals surface area contributed by atoms with Crippen LogP contribution in [0.15, 0.2) is 85.5 Å². The Bertz CT molecular complexity index is 2190. The highest BCUT2D eigenvalue weighted by Crippen LogP contribution is 2.45. The Morgan fingerprint density at radius 1 is 0.892 bits per heavy atom. The first-order chi connectivity index (χ1) is 30.7. The molecule has 65 heavy (non-hydrogen) atoms. The lowest BCUT2D eigenvalue weighted by atomic mass is 9.96. The van der Waals surface area contributed by atoms with Crippen molar-refractivity contribution in [3.05, 3.63) is 102 Å². The first kappa shape index (κ1) is 49.0. The summed E-state index contributed by atoms with van der Waals surface area (Å²) in [7, 11) is -2.70. The molecule has 1 aliphatic carbocycles. The van der Waals surface area contributed by atoms with E-state index < -0.39 is 85.9 Å². The molecule has 0 radical (unpaired) electrons. The SMILES string of the molecule is C=CCOC(=O)C(NC(=O)OCC1c2ccccc2-c2ccccc21)[C@@H](C)O[C@H]1O[C@H](CO[Si](C)(C)C(C)(C)c2ccc(NC(=O)CCC(=O)O)cc2)[C@@H]2OC(C)(C)O[C@@H]2[C@H]1NC(C)=O. The number of aliphatic carboxylic acids is 1. The zero-order valence-corrected chi connectivity index (χ0v) is 39.2. The third-order valence-electron chi connectivity index (χ3n) is 12.5. The van der Waals surface area contributed by atoms with Crippen molar-refractivity contribution in [3.8, 4) is 11.1 Å². The molecule has 0 bridgehead atoms.